The topological polar surface area (TPSA) is 89.9 Å². The smallest absolute Gasteiger partial charge is 0.257 e. The normalized spacial score (nSPS) is 20.9. The minimum absolute atomic E-state index is 0.0251. The summed E-state index contributed by atoms with van der Waals surface area (Å²) >= 11 is 0. The van der Waals surface area contributed by atoms with Gasteiger partial charge in [0.25, 0.3) is 5.91 Å². The van der Waals surface area contributed by atoms with Crippen LogP contribution in [0.3, 0.4) is 0 Å². The highest BCUT2D eigenvalue weighted by molar-refractivity contribution is 5.96. The molecule has 0 radical (unpaired) electrons. The first kappa shape index (κ1) is 14.2. The third-order valence-corrected chi connectivity index (χ3v) is 4.74. The van der Waals surface area contributed by atoms with Gasteiger partial charge in [-0.25, -0.2) is 0 Å². The second kappa shape index (κ2) is 5.33. The predicted octanol–water partition coefficient (Wildman–Crippen LogP) is 1.65. The van der Waals surface area contributed by atoms with E-state index in [0.717, 1.165) is 49.2 Å². The minimum Gasteiger partial charge on any atom is -0.382 e. The van der Waals surface area contributed by atoms with E-state index in [2.05, 4.69) is 15.3 Å². The number of amides is 1. The van der Waals surface area contributed by atoms with Crippen LogP contribution in [0, 0.1) is 0 Å². The van der Waals surface area contributed by atoms with Crippen LogP contribution in [-0.4, -0.2) is 37.3 Å². The van der Waals surface area contributed by atoms with Crippen LogP contribution in [0.25, 0.3) is 0 Å². The van der Waals surface area contributed by atoms with Crippen molar-refractivity contribution in [2.75, 3.05) is 12.3 Å². The molecule has 1 amide bonds. The highest BCUT2D eigenvalue weighted by atomic mass is 16.2. The van der Waals surface area contributed by atoms with E-state index in [-0.39, 0.29) is 11.9 Å². The molecule has 2 aromatic heterocycles. The second-order valence-corrected chi connectivity index (χ2v) is 6.38. The molecule has 2 aliphatic rings. The second-order valence-electron chi connectivity index (χ2n) is 6.38. The van der Waals surface area contributed by atoms with Crippen molar-refractivity contribution >= 4 is 11.7 Å². The molecule has 0 bridgehead atoms. The van der Waals surface area contributed by atoms with Crippen LogP contribution in [0.1, 0.15) is 59.4 Å². The number of hydrogen-bond donors (Lipinski definition) is 1. The Morgan fingerprint density at radius 1 is 1.26 bits per heavy atom. The molecule has 3 heterocycles. The van der Waals surface area contributed by atoms with Gasteiger partial charge >= 0.3 is 0 Å². The van der Waals surface area contributed by atoms with Gasteiger partial charge in [-0.15, -0.1) is 5.10 Å². The number of rotatable bonds is 3. The number of carbonyl (C=O) groups excluding carboxylic acids is 1. The maximum atomic E-state index is 13.1. The maximum absolute atomic E-state index is 13.1. The molecule has 1 saturated carbocycles. The van der Waals surface area contributed by atoms with Crippen molar-refractivity contribution in [2.45, 2.75) is 37.6 Å². The molecule has 0 spiro atoms. The lowest BCUT2D eigenvalue weighted by molar-refractivity contribution is 0.0731. The number of anilines is 1. The lowest BCUT2D eigenvalue weighted by atomic mass is 10.1. The summed E-state index contributed by atoms with van der Waals surface area (Å²) in [4.78, 5) is 15.0. The van der Waals surface area contributed by atoms with E-state index >= 15 is 0 Å². The van der Waals surface area contributed by atoms with Crippen LogP contribution >= 0.6 is 0 Å². The highest BCUT2D eigenvalue weighted by Crippen LogP contribution is 2.42. The molecule has 7 nitrogen and oxygen atoms in total. The summed E-state index contributed by atoms with van der Waals surface area (Å²) in [5.74, 6) is 0.938. The summed E-state index contributed by atoms with van der Waals surface area (Å²) in [6.45, 7) is 0.745. The molecule has 7 heteroatoms. The number of hydrogen-bond acceptors (Lipinski definition) is 5. The van der Waals surface area contributed by atoms with E-state index in [1.54, 1.807) is 12.3 Å². The van der Waals surface area contributed by atoms with Crippen molar-refractivity contribution in [1.82, 2.24) is 24.9 Å². The fourth-order valence-corrected chi connectivity index (χ4v) is 3.46. The largest absolute Gasteiger partial charge is 0.382 e. The van der Waals surface area contributed by atoms with Crippen LogP contribution in [-0.2, 0) is 7.05 Å². The Balaban J connectivity index is 1.63. The fraction of sp³-hybridized carbons (Fsp3) is 0.500. The molecule has 120 valence electrons. The molecule has 1 atom stereocenters. The average molecular weight is 312 g/mol. The number of likely N-dealkylation sites (tertiary alicyclic amines) is 1. The van der Waals surface area contributed by atoms with E-state index in [0.29, 0.717) is 11.7 Å². The molecule has 2 fully saturated rings. The Kier molecular flexibility index (Phi) is 3.28. The molecule has 23 heavy (non-hydrogen) atoms. The molecule has 2 aromatic rings. The van der Waals surface area contributed by atoms with Crippen LogP contribution in [0.2, 0.25) is 0 Å². The Morgan fingerprint density at radius 3 is 2.78 bits per heavy atom. The Hall–Kier alpha value is -2.44. The van der Waals surface area contributed by atoms with Gasteiger partial charge < -0.3 is 10.6 Å². The van der Waals surface area contributed by atoms with Gasteiger partial charge in [0.05, 0.1) is 29.2 Å². The van der Waals surface area contributed by atoms with Crippen molar-refractivity contribution in [2.24, 2.45) is 7.05 Å². The third kappa shape index (κ3) is 2.46. The number of nitrogens with two attached hydrogens (primary N) is 1. The van der Waals surface area contributed by atoms with E-state index in [1.165, 1.54) is 0 Å². The SMILES string of the molecule is Cn1ncc(C(=O)N2CCCC2c2ccc(N)nn2)c1C1CC1. The lowest BCUT2D eigenvalue weighted by Crippen LogP contribution is -2.31. The zero-order valence-corrected chi connectivity index (χ0v) is 13.1. The first-order valence-electron chi connectivity index (χ1n) is 8.07. The van der Waals surface area contributed by atoms with E-state index in [9.17, 15) is 4.79 Å². The van der Waals surface area contributed by atoms with Gasteiger partial charge in [0, 0.05) is 19.5 Å². The van der Waals surface area contributed by atoms with Crippen LogP contribution < -0.4 is 5.73 Å². The third-order valence-electron chi connectivity index (χ3n) is 4.74. The Bertz CT molecular complexity index is 734. The number of aryl methyl sites for hydroxylation is 1. The Morgan fingerprint density at radius 2 is 2.09 bits per heavy atom. The van der Waals surface area contributed by atoms with Gasteiger partial charge in [0.1, 0.15) is 5.82 Å². The lowest BCUT2D eigenvalue weighted by Gasteiger charge is -2.24. The first-order valence-corrected chi connectivity index (χ1v) is 8.07. The highest BCUT2D eigenvalue weighted by Gasteiger charge is 2.37. The Labute approximate surface area is 134 Å². The predicted molar refractivity (Wildman–Crippen MR) is 84.6 cm³/mol. The van der Waals surface area contributed by atoms with Crippen LogP contribution in [0.4, 0.5) is 5.82 Å². The number of nitrogens with zero attached hydrogens (tertiary/aromatic N) is 5. The molecule has 1 unspecified atom stereocenters. The van der Waals surface area contributed by atoms with Gasteiger partial charge in [-0.2, -0.15) is 10.2 Å². The molecular formula is C16H20N6O. The fourth-order valence-electron chi connectivity index (χ4n) is 3.46. The molecule has 1 aliphatic heterocycles. The standard InChI is InChI=1S/C16H20N6O/c1-21-15(10-4-5-10)11(9-18-21)16(23)22-8-2-3-13(22)12-6-7-14(17)20-19-12/h6-7,9-10,13H,2-5,8H2,1H3,(H2,17,20). The van der Waals surface area contributed by atoms with Crippen molar-refractivity contribution < 1.29 is 4.79 Å². The van der Waals surface area contributed by atoms with E-state index in [4.69, 9.17) is 5.73 Å². The first-order chi connectivity index (χ1) is 11.1. The van der Waals surface area contributed by atoms with Gasteiger partial charge in [0.2, 0.25) is 0 Å². The van der Waals surface area contributed by atoms with Gasteiger partial charge in [0.15, 0.2) is 0 Å². The zero-order valence-electron chi connectivity index (χ0n) is 13.1. The summed E-state index contributed by atoms with van der Waals surface area (Å²) in [5.41, 5.74) is 8.23. The zero-order chi connectivity index (χ0) is 16.0. The van der Waals surface area contributed by atoms with Crippen LogP contribution in [0.15, 0.2) is 18.3 Å². The van der Waals surface area contributed by atoms with Crippen molar-refractivity contribution in [3.63, 3.8) is 0 Å². The number of nitrogen functional groups attached to an aromatic ring is 1. The van der Waals surface area contributed by atoms with Gasteiger partial charge in [-0.1, -0.05) is 0 Å². The maximum Gasteiger partial charge on any atom is 0.257 e. The van der Waals surface area contributed by atoms with Gasteiger partial charge in [-0.05, 0) is 37.8 Å². The molecule has 0 aromatic carbocycles. The van der Waals surface area contributed by atoms with E-state index < -0.39 is 0 Å². The summed E-state index contributed by atoms with van der Waals surface area (Å²) < 4.78 is 1.85. The molecule has 4 rings (SSSR count). The molecule has 1 aliphatic carbocycles. The molecule has 2 N–H and O–H groups in total. The van der Waals surface area contributed by atoms with Crippen LogP contribution in [0.5, 0.6) is 0 Å². The minimum atomic E-state index is -0.0251. The summed E-state index contributed by atoms with van der Waals surface area (Å²) in [6, 6.07) is 3.58. The monoisotopic (exact) mass is 312 g/mol. The van der Waals surface area contributed by atoms with Crippen molar-refractivity contribution in [1.29, 1.82) is 0 Å². The van der Waals surface area contributed by atoms with E-state index in [1.807, 2.05) is 22.7 Å². The molecular weight excluding hydrogens is 292 g/mol. The summed E-state index contributed by atoms with van der Waals surface area (Å²) in [5, 5.41) is 12.4. The number of carbonyl (C=O) groups is 1. The number of aromatic nitrogens is 4. The van der Waals surface area contributed by atoms with Crippen molar-refractivity contribution in [3.05, 3.63) is 35.3 Å². The average Bonchev–Trinajstić information content (AvgIpc) is 3.13. The molecule has 1 saturated heterocycles. The quantitative estimate of drug-likeness (QED) is 0.930. The summed E-state index contributed by atoms with van der Waals surface area (Å²) in [6.07, 6.45) is 5.88. The van der Waals surface area contributed by atoms with Gasteiger partial charge in [-0.3, -0.25) is 9.48 Å². The summed E-state index contributed by atoms with van der Waals surface area (Å²) in [7, 11) is 1.91. The van der Waals surface area contributed by atoms with Crippen molar-refractivity contribution in [3.8, 4) is 0 Å².